The molecule has 0 bridgehead atoms. The van der Waals surface area contributed by atoms with Gasteiger partial charge in [-0.25, -0.2) is 14.0 Å². The average Bonchev–Trinajstić information content (AvgIpc) is 2.53. The Morgan fingerprint density at radius 2 is 1.96 bits per heavy atom. The molecule has 0 radical (unpaired) electrons. The van der Waals surface area contributed by atoms with Gasteiger partial charge in [0, 0.05) is 23.6 Å². The van der Waals surface area contributed by atoms with Crippen LogP contribution >= 0.6 is 0 Å². The van der Waals surface area contributed by atoms with Gasteiger partial charge in [-0.3, -0.25) is 10.1 Å². The molecule has 0 amide bonds. The first-order chi connectivity index (χ1) is 11.4. The number of non-ortho nitro benzene ring substituents is 1. The molecule has 8 heteroatoms. The number of benzene rings is 2. The van der Waals surface area contributed by atoms with E-state index in [2.05, 4.69) is 0 Å². The van der Waals surface area contributed by atoms with Gasteiger partial charge in [0.05, 0.1) is 4.92 Å². The van der Waals surface area contributed by atoms with Crippen molar-refractivity contribution in [3.05, 3.63) is 80.4 Å². The Balaban J connectivity index is 2.01. The Bertz CT molecular complexity index is 1030. The van der Waals surface area contributed by atoms with Gasteiger partial charge in [-0.1, -0.05) is 6.07 Å². The van der Waals surface area contributed by atoms with E-state index in [9.17, 15) is 24.1 Å². The maximum atomic E-state index is 13.1. The van der Waals surface area contributed by atoms with Gasteiger partial charge >= 0.3 is 11.6 Å². The maximum Gasteiger partial charge on any atom is 0.351 e. The molecular formula is C16H8FNO6. The number of fused-ring (bicyclic) bond motifs is 1. The summed E-state index contributed by atoms with van der Waals surface area (Å²) in [5.41, 5.74) is -1.54. The van der Waals surface area contributed by atoms with Crippen molar-refractivity contribution in [3.63, 3.8) is 0 Å². The lowest BCUT2D eigenvalue weighted by Gasteiger charge is -2.04. The molecule has 0 aliphatic rings. The number of nitro groups is 1. The summed E-state index contributed by atoms with van der Waals surface area (Å²) in [5.74, 6) is -1.75. The van der Waals surface area contributed by atoms with E-state index in [4.69, 9.17) is 9.15 Å². The van der Waals surface area contributed by atoms with Crippen LogP contribution in [0, 0.1) is 15.9 Å². The van der Waals surface area contributed by atoms with E-state index in [0.717, 1.165) is 18.2 Å². The van der Waals surface area contributed by atoms with Crippen molar-refractivity contribution in [3.8, 4) is 5.75 Å². The second kappa shape index (κ2) is 5.92. The minimum Gasteiger partial charge on any atom is -0.423 e. The Morgan fingerprint density at radius 3 is 2.67 bits per heavy atom. The first-order valence-corrected chi connectivity index (χ1v) is 6.64. The lowest BCUT2D eigenvalue weighted by Crippen LogP contribution is -2.18. The monoisotopic (exact) mass is 329 g/mol. The fourth-order valence-corrected chi connectivity index (χ4v) is 2.06. The summed E-state index contributed by atoms with van der Waals surface area (Å²) < 4.78 is 23.0. The molecule has 0 saturated heterocycles. The van der Waals surface area contributed by atoms with Gasteiger partial charge in [0.25, 0.3) is 5.69 Å². The highest BCUT2D eigenvalue weighted by Crippen LogP contribution is 2.21. The minimum atomic E-state index is -1.05. The van der Waals surface area contributed by atoms with E-state index in [1.54, 1.807) is 0 Å². The van der Waals surface area contributed by atoms with Gasteiger partial charge in [-0.2, -0.15) is 0 Å². The van der Waals surface area contributed by atoms with Crippen molar-refractivity contribution < 1.29 is 23.3 Å². The van der Waals surface area contributed by atoms with Crippen molar-refractivity contribution in [1.82, 2.24) is 0 Å². The Labute approximate surface area is 133 Å². The summed E-state index contributed by atoms with van der Waals surface area (Å²) in [4.78, 5) is 34.1. The molecule has 24 heavy (non-hydrogen) atoms. The lowest BCUT2D eigenvalue weighted by atomic mass is 10.1. The van der Waals surface area contributed by atoms with Gasteiger partial charge in [0.15, 0.2) is 0 Å². The van der Waals surface area contributed by atoms with Crippen LogP contribution < -0.4 is 10.4 Å². The van der Waals surface area contributed by atoms with Crippen LogP contribution in [0.25, 0.3) is 11.0 Å². The summed E-state index contributed by atoms with van der Waals surface area (Å²) in [6, 6.07) is 9.56. The van der Waals surface area contributed by atoms with E-state index in [1.807, 2.05) is 0 Å². The van der Waals surface area contributed by atoms with Crippen LogP contribution in [-0.4, -0.2) is 10.9 Å². The predicted octanol–water partition coefficient (Wildman–Crippen LogP) is 3.06. The van der Waals surface area contributed by atoms with E-state index >= 15 is 0 Å². The SMILES string of the molecule is O=C(Oc1cccc(F)c1)c1cc2cc([N+](=O)[O-])ccc2oc1=O. The molecule has 1 heterocycles. The number of hydrogen-bond acceptors (Lipinski definition) is 6. The molecule has 1 aromatic heterocycles. The first kappa shape index (κ1) is 15.3. The molecule has 0 fully saturated rings. The quantitative estimate of drug-likeness (QED) is 0.241. The highest BCUT2D eigenvalue weighted by molar-refractivity contribution is 5.94. The van der Waals surface area contributed by atoms with Crippen LogP contribution in [0.15, 0.2) is 57.7 Å². The number of carbonyl (C=O) groups is 1. The van der Waals surface area contributed by atoms with E-state index in [-0.39, 0.29) is 22.4 Å². The van der Waals surface area contributed by atoms with Crippen LogP contribution in [0.5, 0.6) is 5.75 Å². The number of nitro benzene ring substituents is 1. The van der Waals surface area contributed by atoms with Gasteiger partial charge in [0.2, 0.25) is 0 Å². The van der Waals surface area contributed by atoms with Gasteiger partial charge in [-0.05, 0) is 24.3 Å². The standard InChI is InChI=1S/C16H8FNO6/c17-10-2-1-3-12(8-10)23-15(19)13-7-9-6-11(18(21)22)4-5-14(9)24-16(13)20/h1-8H. The van der Waals surface area contributed by atoms with Crippen LogP contribution in [0.2, 0.25) is 0 Å². The summed E-state index contributed by atoms with van der Waals surface area (Å²) in [7, 11) is 0. The van der Waals surface area contributed by atoms with Crippen molar-refractivity contribution in [2.24, 2.45) is 0 Å². The zero-order chi connectivity index (χ0) is 17.3. The van der Waals surface area contributed by atoms with Gasteiger partial charge < -0.3 is 9.15 Å². The average molecular weight is 329 g/mol. The molecular weight excluding hydrogens is 321 g/mol. The Hall–Kier alpha value is -3.55. The predicted molar refractivity (Wildman–Crippen MR) is 80.5 cm³/mol. The van der Waals surface area contributed by atoms with Crippen LogP contribution in [-0.2, 0) is 0 Å². The van der Waals surface area contributed by atoms with Crippen molar-refractivity contribution in [2.45, 2.75) is 0 Å². The topological polar surface area (TPSA) is 99.7 Å². The normalized spacial score (nSPS) is 10.5. The zero-order valence-corrected chi connectivity index (χ0v) is 11.9. The number of hydrogen-bond donors (Lipinski definition) is 0. The molecule has 0 aliphatic carbocycles. The molecule has 120 valence electrons. The lowest BCUT2D eigenvalue weighted by molar-refractivity contribution is -0.384. The maximum absolute atomic E-state index is 13.1. The smallest absolute Gasteiger partial charge is 0.351 e. The zero-order valence-electron chi connectivity index (χ0n) is 11.9. The summed E-state index contributed by atoms with van der Waals surface area (Å²) in [6.07, 6.45) is 0. The number of rotatable bonds is 3. The van der Waals surface area contributed by atoms with Crippen molar-refractivity contribution >= 4 is 22.6 Å². The Kier molecular flexibility index (Phi) is 3.78. The molecule has 0 spiro atoms. The fourth-order valence-electron chi connectivity index (χ4n) is 2.06. The largest absolute Gasteiger partial charge is 0.423 e. The number of halogens is 1. The number of carbonyl (C=O) groups excluding carboxylic acids is 1. The second-order valence-electron chi connectivity index (χ2n) is 4.77. The molecule has 3 aromatic rings. The summed E-state index contributed by atoms with van der Waals surface area (Å²) in [5, 5.41) is 11.0. The Morgan fingerprint density at radius 1 is 1.17 bits per heavy atom. The highest BCUT2D eigenvalue weighted by atomic mass is 19.1. The van der Waals surface area contributed by atoms with Crippen LogP contribution in [0.3, 0.4) is 0 Å². The second-order valence-corrected chi connectivity index (χ2v) is 4.77. The van der Waals surface area contributed by atoms with Crippen molar-refractivity contribution in [2.75, 3.05) is 0 Å². The highest BCUT2D eigenvalue weighted by Gasteiger charge is 2.18. The molecule has 7 nitrogen and oxygen atoms in total. The van der Waals surface area contributed by atoms with Gasteiger partial charge in [0.1, 0.15) is 22.7 Å². The summed E-state index contributed by atoms with van der Waals surface area (Å²) >= 11 is 0. The first-order valence-electron chi connectivity index (χ1n) is 6.64. The molecule has 0 saturated carbocycles. The molecule has 2 aromatic carbocycles. The molecule has 3 rings (SSSR count). The number of esters is 1. The summed E-state index contributed by atoms with van der Waals surface area (Å²) in [6.45, 7) is 0. The third-order valence-electron chi connectivity index (χ3n) is 3.15. The molecule has 0 unspecified atom stereocenters. The van der Waals surface area contributed by atoms with Crippen LogP contribution in [0.4, 0.5) is 10.1 Å². The molecule has 0 atom stereocenters. The minimum absolute atomic E-state index is 0.0847. The van der Waals surface area contributed by atoms with Crippen molar-refractivity contribution in [1.29, 1.82) is 0 Å². The van der Waals surface area contributed by atoms with E-state index in [1.165, 1.54) is 30.3 Å². The number of nitrogens with zero attached hydrogens (tertiary/aromatic N) is 1. The van der Waals surface area contributed by atoms with Crippen LogP contribution in [0.1, 0.15) is 10.4 Å². The van der Waals surface area contributed by atoms with Gasteiger partial charge in [-0.15, -0.1) is 0 Å². The molecule has 0 aliphatic heterocycles. The molecule has 0 N–H and O–H groups in total. The number of ether oxygens (including phenoxy) is 1. The van der Waals surface area contributed by atoms with E-state index < -0.39 is 27.9 Å². The fraction of sp³-hybridized carbons (Fsp3) is 0. The third kappa shape index (κ3) is 2.98. The van der Waals surface area contributed by atoms with E-state index in [0.29, 0.717) is 0 Å². The third-order valence-corrected chi connectivity index (χ3v) is 3.15.